The number of carbonyl (C=O) groups excluding carboxylic acids is 3. The van der Waals surface area contributed by atoms with Crippen molar-refractivity contribution in [2.45, 2.75) is 19.9 Å². The molecule has 24 heavy (non-hydrogen) atoms. The molecule has 1 heterocycles. The molecule has 1 fully saturated rings. The molecule has 6 nitrogen and oxygen atoms in total. The van der Waals surface area contributed by atoms with Gasteiger partial charge in [-0.2, -0.15) is 0 Å². The Bertz CT molecular complexity index is 656. The van der Waals surface area contributed by atoms with Gasteiger partial charge in [-0.15, -0.1) is 0 Å². The van der Waals surface area contributed by atoms with Gasteiger partial charge in [-0.1, -0.05) is 0 Å². The fraction of sp³-hybridized carbons (Fsp3) is 0.438. The van der Waals surface area contributed by atoms with Crippen molar-refractivity contribution in [1.29, 1.82) is 0 Å². The average molecular weight is 339 g/mol. The van der Waals surface area contributed by atoms with Crippen LogP contribution in [0.15, 0.2) is 18.2 Å². The molecular formula is C16H19F2N3O3. The lowest BCUT2D eigenvalue weighted by Crippen LogP contribution is -2.54. The number of benzene rings is 1. The number of hydrogen-bond acceptors (Lipinski definition) is 3. The van der Waals surface area contributed by atoms with Crippen molar-refractivity contribution < 1.29 is 23.2 Å². The molecule has 1 saturated heterocycles. The van der Waals surface area contributed by atoms with Crippen LogP contribution in [0.2, 0.25) is 0 Å². The lowest BCUT2D eigenvalue weighted by atomic mass is 10.1. The van der Waals surface area contributed by atoms with Crippen molar-refractivity contribution in [2.24, 2.45) is 0 Å². The summed E-state index contributed by atoms with van der Waals surface area (Å²) in [6.07, 6.45) is 0. The lowest BCUT2D eigenvalue weighted by molar-refractivity contribution is -0.147. The molecule has 2 rings (SSSR count). The largest absolute Gasteiger partial charge is 0.346 e. The highest BCUT2D eigenvalue weighted by Crippen LogP contribution is 2.14. The quantitative estimate of drug-likeness (QED) is 0.810. The molecule has 0 aromatic heterocycles. The van der Waals surface area contributed by atoms with Crippen LogP contribution in [0.1, 0.15) is 24.2 Å². The summed E-state index contributed by atoms with van der Waals surface area (Å²) in [5.41, 5.74) is -0.340. The molecular weight excluding hydrogens is 320 g/mol. The third-order valence-electron chi connectivity index (χ3n) is 3.63. The molecule has 8 heteroatoms. The first-order valence-electron chi connectivity index (χ1n) is 7.63. The zero-order valence-electron chi connectivity index (χ0n) is 13.5. The van der Waals surface area contributed by atoms with Gasteiger partial charge >= 0.3 is 11.8 Å². The number of hydrogen-bond donors (Lipinski definition) is 1. The van der Waals surface area contributed by atoms with Crippen molar-refractivity contribution in [3.63, 3.8) is 0 Å². The Morgan fingerprint density at radius 2 is 1.62 bits per heavy atom. The summed E-state index contributed by atoms with van der Waals surface area (Å²) in [6.45, 7) is 4.11. The van der Waals surface area contributed by atoms with Gasteiger partial charge in [0.05, 0.1) is 5.56 Å². The maximum absolute atomic E-state index is 13.7. The molecule has 3 amide bonds. The Morgan fingerprint density at radius 3 is 2.21 bits per heavy atom. The smallest absolute Gasteiger partial charge is 0.312 e. The van der Waals surface area contributed by atoms with Crippen LogP contribution in [0.4, 0.5) is 8.78 Å². The second kappa shape index (κ2) is 7.37. The van der Waals surface area contributed by atoms with E-state index in [1.54, 1.807) is 13.8 Å². The van der Waals surface area contributed by atoms with Crippen LogP contribution >= 0.6 is 0 Å². The Morgan fingerprint density at radius 1 is 1.04 bits per heavy atom. The van der Waals surface area contributed by atoms with Crippen LogP contribution in [0.3, 0.4) is 0 Å². The molecule has 1 aromatic rings. The fourth-order valence-electron chi connectivity index (χ4n) is 2.41. The third kappa shape index (κ3) is 4.06. The molecule has 0 saturated carbocycles. The summed E-state index contributed by atoms with van der Waals surface area (Å²) in [4.78, 5) is 38.6. The minimum atomic E-state index is -0.795. The van der Waals surface area contributed by atoms with Gasteiger partial charge in [-0.25, -0.2) is 8.78 Å². The van der Waals surface area contributed by atoms with Crippen LogP contribution in [-0.2, 0) is 9.59 Å². The van der Waals surface area contributed by atoms with E-state index in [1.807, 2.05) is 0 Å². The van der Waals surface area contributed by atoms with Crippen molar-refractivity contribution >= 4 is 17.7 Å². The third-order valence-corrected chi connectivity index (χ3v) is 3.63. The standard InChI is InChI=1S/C16H19F2N3O3/c1-10(2)19-14(22)16(24)21-7-5-20(6-8-21)15(23)12-9-11(17)3-4-13(12)18/h3-4,9-10H,5-8H2,1-2H3,(H,19,22). The van der Waals surface area contributed by atoms with Gasteiger partial charge in [0.2, 0.25) is 0 Å². The van der Waals surface area contributed by atoms with E-state index in [0.29, 0.717) is 0 Å². The van der Waals surface area contributed by atoms with Gasteiger partial charge in [0.15, 0.2) is 0 Å². The molecule has 1 aromatic carbocycles. The molecule has 130 valence electrons. The highest BCUT2D eigenvalue weighted by molar-refractivity contribution is 6.35. The van der Waals surface area contributed by atoms with Gasteiger partial charge in [0.1, 0.15) is 11.6 Å². The van der Waals surface area contributed by atoms with Crippen LogP contribution < -0.4 is 5.32 Å². The topological polar surface area (TPSA) is 69.7 Å². The predicted octanol–water partition coefficient (Wildman–Crippen LogP) is 0.774. The van der Waals surface area contributed by atoms with E-state index in [1.165, 1.54) is 9.80 Å². The maximum atomic E-state index is 13.7. The highest BCUT2D eigenvalue weighted by atomic mass is 19.1. The summed E-state index contributed by atoms with van der Waals surface area (Å²) < 4.78 is 26.9. The summed E-state index contributed by atoms with van der Waals surface area (Å²) in [5.74, 6) is -3.48. The molecule has 0 spiro atoms. The zero-order chi connectivity index (χ0) is 17.9. The molecule has 0 atom stereocenters. The number of amides is 3. The van der Waals surface area contributed by atoms with Gasteiger partial charge < -0.3 is 15.1 Å². The van der Waals surface area contributed by atoms with Crippen molar-refractivity contribution in [3.05, 3.63) is 35.4 Å². The summed E-state index contributed by atoms with van der Waals surface area (Å²) in [5, 5.41) is 2.51. The van der Waals surface area contributed by atoms with Gasteiger partial charge in [0, 0.05) is 32.2 Å². The van der Waals surface area contributed by atoms with E-state index in [9.17, 15) is 23.2 Å². The van der Waals surface area contributed by atoms with Gasteiger partial charge in [-0.05, 0) is 32.0 Å². The molecule has 1 aliphatic heterocycles. The van der Waals surface area contributed by atoms with Crippen molar-refractivity contribution in [1.82, 2.24) is 15.1 Å². The lowest BCUT2D eigenvalue weighted by Gasteiger charge is -2.34. The molecule has 1 N–H and O–H groups in total. The molecule has 0 unspecified atom stereocenters. The number of carbonyl (C=O) groups is 3. The van der Waals surface area contributed by atoms with Crippen molar-refractivity contribution in [2.75, 3.05) is 26.2 Å². The van der Waals surface area contributed by atoms with E-state index in [2.05, 4.69) is 5.32 Å². The summed E-state index contributed by atoms with van der Waals surface area (Å²) in [6, 6.07) is 2.54. The van der Waals surface area contributed by atoms with Crippen LogP contribution in [0.5, 0.6) is 0 Å². The average Bonchev–Trinajstić information content (AvgIpc) is 2.55. The first-order chi connectivity index (χ1) is 11.3. The summed E-state index contributed by atoms with van der Waals surface area (Å²) >= 11 is 0. The maximum Gasteiger partial charge on any atom is 0.312 e. The molecule has 0 bridgehead atoms. The van der Waals surface area contributed by atoms with E-state index < -0.39 is 29.4 Å². The van der Waals surface area contributed by atoms with Crippen LogP contribution in [-0.4, -0.2) is 59.7 Å². The zero-order valence-corrected chi connectivity index (χ0v) is 13.5. The molecule has 1 aliphatic rings. The van der Waals surface area contributed by atoms with Crippen molar-refractivity contribution in [3.8, 4) is 0 Å². The Kier molecular flexibility index (Phi) is 5.48. The van der Waals surface area contributed by atoms with Crippen LogP contribution in [0, 0.1) is 11.6 Å². The first-order valence-corrected chi connectivity index (χ1v) is 7.63. The second-order valence-electron chi connectivity index (χ2n) is 5.84. The Labute approximate surface area is 138 Å². The van der Waals surface area contributed by atoms with E-state index >= 15 is 0 Å². The predicted molar refractivity (Wildman–Crippen MR) is 82.1 cm³/mol. The molecule has 0 radical (unpaired) electrons. The monoisotopic (exact) mass is 339 g/mol. The normalized spacial score (nSPS) is 14.7. The highest BCUT2D eigenvalue weighted by Gasteiger charge is 2.29. The Balaban J connectivity index is 1.97. The van der Waals surface area contributed by atoms with E-state index in [4.69, 9.17) is 0 Å². The second-order valence-corrected chi connectivity index (χ2v) is 5.84. The van der Waals surface area contributed by atoms with E-state index in [-0.39, 0.29) is 37.8 Å². The molecule has 0 aliphatic carbocycles. The Hall–Kier alpha value is -2.51. The number of nitrogens with zero attached hydrogens (tertiary/aromatic N) is 2. The number of piperazine rings is 1. The first kappa shape index (κ1) is 17.8. The minimum Gasteiger partial charge on any atom is -0.346 e. The number of nitrogens with one attached hydrogen (secondary N) is 1. The number of halogens is 2. The minimum absolute atomic E-state index is 0.148. The van der Waals surface area contributed by atoms with Gasteiger partial charge in [0.25, 0.3) is 5.91 Å². The van der Waals surface area contributed by atoms with Crippen LogP contribution in [0.25, 0.3) is 0 Å². The SMILES string of the molecule is CC(C)NC(=O)C(=O)N1CCN(C(=O)c2cc(F)ccc2F)CC1. The van der Waals surface area contributed by atoms with Gasteiger partial charge in [-0.3, -0.25) is 14.4 Å². The number of rotatable bonds is 2. The fourth-order valence-corrected chi connectivity index (χ4v) is 2.41. The summed E-state index contributed by atoms with van der Waals surface area (Å²) in [7, 11) is 0. The van der Waals surface area contributed by atoms with E-state index in [0.717, 1.165) is 18.2 Å².